The van der Waals surface area contributed by atoms with Crippen LogP contribution in [0.5, 0.6) is 0 Å². The SMILES string of the molecule is O=C(O)CC(=O)C=CC/C=C/c1ccccc1. The van der Waals surface area contributed by atoms with E-state index >= 15 is 0 Å². The standard InChI is InChI=1S/C14H14O3/c15-13(11-14(16)17)10-6-2-5-9-12-7-3-1-4-8-12/h1,3-10H,2,11H2,(H,16,17)/b9-5+,10-6?. The average molecular weight is 230 g/mol. The number of carboxylic acids is 1. The van der Waals surface area contributed by atoms with Gasteiger partial charge in [0.25, 0.3) is 0 Å². The second-order valence-corrected chi connectivity index (χ2v) is 3.49. The van der Waals surface area contributed by atoms with Crippen molar-refractivity contribution in [2.75, 3.05) is 0 Å². The number of hydrogen-bond donors (Lipinski definition) is 1. The molecule has 0 atom stereocenters. The first-order chi connectivity index (χ1) is 8.18. The van der Waals surface area contributed by atoms with Crippen molar-refractivity contribution in [2.24, 2.45) is 0 Å². The third-order valence-corrected chi connectivity index (χ3v) is 2.01. The zero-order chi connectivity index (χ0) is 12.5. The Bertz CT molecular complexity index is 430. The summed E-state index contributed by atoms with van der Waals surface area (Å²) in [6.07, 6.45) is 7.00. The number of carboxylic acid groups (broad SMARTS) is 1. The molecule has 0 bridgehead atoms. The lowest BCUT2D eigenvalue weighted by molar-refractivity contribution is -0.139. The van der Waals surface area contributed by atoms with E-state index < -0.39 is 12.4 Å². The monoisotopic (exact) mass is 230 g/mol. The summed E-state index contributed by atoms with van der Waals surface area (Å²) in [5.41, 5.74) is 1.10. The van der Waals surface area contributed by atoms with E-state index in [1.54, 1.807) is 6.08 Å². The molecule has 0 aliphatic heterocycles. The molecule has 0 amide bonds. The summed E-state index contributed by atoms with van der Waals surface area (Å²) in [5, 5.41) is 8.37. The van der Waals surface area contributed by atoms with Crippen molar-refractivity contribution in [2.45, 2.75) is 12.8 Å². The van der Waals surface area contributed by atoms with E-state index in [-0.39, 0.29) is 5.78 Å². The van der Waals surface area contributed by atoms with Crippen molar-refractivity contribution < 1.29 is 14.7 Å². The zero-order valence-electron chi connectivity index (χ0n) is 9.37. The molecule has 1 aromatic carbocycles. The predicted octanol–water partition coefficient (Wildman–Crippen LogP) is 2.69. The Kier molecular flexibility index (Phi) is 5.44. The van der Waals surface area contributed by atoms with Crippen molar-refractivity contribution in [1.82, 2.24) is 0 Å². The molecule has 17 heavy (non-hydrogen) atoms. The predicted molar refractivity (Wildman–Crippen MR) is 66.5 cm³/mol. The maximum Gasteiger partial charge on any atom is 0.311 e. The van der Waals surface area contributed by atoms with Crippen LogP contribution in [0.3, 0.4) is 0 Å². The van der Waals surface area contributed by atoms with Gasteiger partial charge in [0.05, 0.1) is 0 Å². The maximum atomic E-state index is 11.0. The van der Waals surface area contributed by atoms with Gasteiger partial charge in [0, 0.05) is 0 Å². The highest BCUT2D eigenvalue weighted by atomic mass is 16.4. The lowest BCUT2D eigenvalue weighted by Gasteiger charge is -1.90. The maximum absolute atomic E-state index is 11.0. The number of hydrogen-bond acceptors (Lipinski definition) is 2. The third-order valence-electron chi connectivity index (χ3n) is 2.01. The molecule has 0 heterocycles. The Hall–Kier alpha value is -2.16. The van der Waals surface area contributed by atoms with E-state index in [1.165, 1.54) is 6.08 Å². The number of carbonyl (C=O) groups is 2. The van der Waals surface area contributed by atoms with E-state index in [1.807, 2.05) is 42.5 Å². The van der Waals surface area contributed by atoms with Crippen molar-refractivity contribution >= 4 is 17.8 Å². The van der Waals surface area contributed by atoms with Gasteiger partial charge >= 0.3 is 5.97 Å². The van der Waals surface area contributed by atoms with Crippen LogP contribution in [0.25, 0.3) is 6.08 Å². The summed E-state index contributed by atoms with van der Waals surface area (Å²) in [6, 6.07) is 9.81. The first-order valence-corrected chi connectivity index (χ1v) is 5.31. The van der Waals surface area contributed by atoms with E-state index in [0.717, 1.165) is 5.56 Å². The molecule has 0 fully saturated rings. The molecule has 3 heteroatoms. The molecule has 0 radical (unpaired) electrons. The summed E-state index contributed by atoms with van der Waals surface area (Å²) in [6.45, 7) is 0. The van der Waals surface area contributed by atoms with Gasteiger partial charge in [0.1, 0.15) is 6.42 Å². The van der Waals surface area contributed by atoms with Crippen LogP contribution in [0.4, 0.5) is 0 Å². The first kappa shape index (κ1) is 12.9. The topological polar surface area (TPSA) is 54.4 Å². The normalized spacial score (nSPS) is 11.1. The fraction of sp³-hybridized carbons (Fsp3) is 0.143. The Morgan fingerprint density at radius 3 is 2.47 bits per heavy atom. The molecule has 0 saturated heterocycles. The smallest absolute Gasteiger partial charge is 0.311 e. The Balaban J connectivity index is 2.33. The summed E-state index contributed by atoms with van der Waals surface area (Å²) in [5.74, 6) is -1.48. The molecule has 1 rings (SSSR count). The van der Waals surface area contributed by atoms with Gasteiger partial charge < -0.3 is 5.11 Å². The molecule has 88 valence electrons. The van der Waals surface area contributed by atoms with E-state index in [0.29, 0.717) is 6.42 Å². The van der Waals surface area contributed by atoms with Gasteiger partial charge in [0.15, 0.2) is 5.78 Å². The van der Waals surface area contributed by atoms with Crippen LogP contribution in [0.2, 0.25) is 0 Å². The molecule has 1 N–H and O–H groups in total. The fourth-order valence-corrected chi connectivity index (χ4v) is 1.25. The molecule has 0 saturated carbocycles. The molecule has 0 aliphatic rings. The molecule has 0 aliphatic carbocycles. The average Bonchev–Trinajstić information content (AvgIpc) is 2.29. The van der Waals surface area contributed by atoms with Gasteiger partial charge in [-0.05, 0) is 18.1 Å². The van der Waals surface area contributed by atoms with Crippen LogP contribution < -0.4 is 0 Å². The quantitative estimate of drug-likeness (QED) is 0.603. The number of aliphatic carboxylic acids is 1. The molecule has 0 aromatic heterocycles. The van der Waals surface area contributed by atoms with Gasteiger partial charge in [-0.1, -0.05) is 48.6 Å². The highest BCUT2D eigenvalue weighted by Crippen LogP contribution is 2.02. The Morgan fingerprint density at radius 2 is 1.82 bits per heavy atom. The fourth-order valence-electron chi connectivity index (χ4n) is 1.25. The summed E-state index contributed by atoms with van der Waals surface area (Å²) in [7, 11) is 0. The first-order valence-electron chi connectivity index (χ1n) is 5.31. The molecule has 0 unspecified atom stereocenters. The van der Waals surface area contributed by atoms with Gasteiger partial charge in [-0.15, -0.1) is 0 Å². The second kappa shape index (κ2) is 7.17. The van der Waals surface area contributed by atoms with Gasteiger partial charge in [0.2, 0.25) is 0 Å². The Labute approximate surface area is 100 Å². The lowest BCUT2D eigenvalue weighted by Crippen LogP contribution is -2.02. The molecule has 0 spiro atoms. The second-order valence-electron chi connectivity index (χ2n) is 3.49. The number of allylic oxidation sites excluding steroid dienone is 3. The highest BCUT2D eigenvalue weighted by Gasteiger charge is 2.01. The Morgan fingerprint density at radius 1 is 1.12 bits per heavy atom. The summed E-state index contributed by atoms with van der Waals surface area (Å²) in [4.78, 5) is 21.2. The molecule has 1 aromatic rings. The molecular weight excluding hydrogens is 216 g/mol. The molecule has 3 nitrogen and oxygen atoms in total. The van der Waals surface area contributed by atoms with E-state index in [4.69, 9.17) is 5.11 Å². The van der Waals surface area contributed by atoms with E-state index in [2.05, 4.69) is 0 Å². The number of carbonyl (C=O) groups excluding carboxylic acids is 1. The number of benzene rings is 1. The van der Waals surface area contributed by atoms with Gasteiger partial charge in [-0.2, -0.15) is 0 Å². The zero-order valence-corrected chi connectivity index (χ0v) is 9.37. The molecular formula is C14H14O3. The van der Waals surface area contributed by atoms with Crippen LogP contribution in [0.15, 0.2) is 48.6 Å². The van der Waals surface area contributed by atoms with Crippen molar-refractivity contribution in [1.29, 1.82) is 0 Å². The van der Waals surface area contributed by atoms with Crippen LogP contribution in [0.1, 0.15) is 18.4 Å². The number of ketones is 1. The van der Waals surface area contributed by atoms with Crippen LogP contribution in [-0.2, 0) is 9.59 Å². The summed E-state index contributed by atoms with van der Waals surface area (Å²) >= 11 is 0. The largest absolute Gasteiger partial charge is 0.481 e. The van der Waals surface area contributed by atoms with Crippen molar-refractivity contribution in [3.8, 4) is 0 Å². The third kappa shape index (κ3) is 6.10. The van der Waals surface area contributed by atoms with Crippen molar-refractivity contribution in [3.63, 3.8) is 0 Å². The lowest BCUT2D eigenvalue weighted by atomic mass is 10.2. The minimum absolute atomic E-state index is 0.384. The minimum atomic E-state index is -1.10. The van der Waals surface area contributed by atoms with Crippen LogP contribution >= 0.6 is 0 Å². The number of rotatable bonds is 6. The minimum Gasteiger partial charge on any atom is -0.481 e. The summed E-state index contributed by atoms with van der Waals surface area (Å²) < 4.78 is 0. The van der Waals surface area contributed by atoms with Gasteiger partial charge in [-0.3, -0.25) is 9.59 Å². The van der Waals surface area contributed by atoms with Crippen LogP contribution in [0, 0.1) is 0 Å². The van der Waals surface area contributed by atoms with Gasteiger partial charge in [-0.25, -0.2) is 0 Å². The highest BCUT2D eigenvalue weighted by molar-refractivity contribution is 6.01. The van der Waals surface area contributed by atoms with E-state index in [9.17, 15) is 9.59 Å². The van der Waals surface area contributed by atoms with Crippen LogP contribution in [-0.4, -0.2) is 16.9 Å². The van der Waals surface area contributed by atoms with Crippen molar-refractivity contribution in [3.05, 3.63) is 54.1 Å².